The number of rotatable bonds is 9. The number of esters is 1. The summed E-state index contributed by atoms with van der Waals surface area (Å²) < 4.78 is 18.9. The van der Waals surface area contributed by atoms with E-state index in [1.165, 1.54) is 5.56 Å². The van der Waals surface area contributed by atoms with Crippen LogP contribution in [0.25, 0.3) is 10.8 Å². The van der Waals surface area contributed by atoms with Gasteiger partial charge in [-0.05, 0) is 54.0 Å². The van der Waals surface area contributed by atoms with E-state index in [1.807, 2.05) is 42.5 Å². The van der Waals surface area contributed by atoms with Crippen LogP contribution in [-0.2, 0) is 32.1 Å². The van der Waals surface area contributed by atoms with Crippen LogP contribution < -0.4 is 10.1 Å². The summed E-state index contributed by atoms with van der Waals surface area (Å²) in [5.74, 6) is -2.34. The van der Waals surface area contributed by atoms with Gasteiger partial charge in [0, 0.05) is 23.9 Å². The molecule has 2 heterocycles. The lowest BCUT2D eigenvalue weighted by Gasteiger charge is -2.30. The van der Waals surface area contributed by atoms with Gasteiger partial charge in [0.05, 0.1) is 12.1 Å². The number of ether oxygens (including phenoxy) is 1. The quantitative estimate of drug-likeness (QED) is 0.327. The van der Waals surface area contributed by atoms with Gasteiger partial charge in [0.2, 0.25) is 5.60 Å². The summed E-state index contributed by atoms with van der Waals surface area (Å²) in [5, 5.41) is 8.59. The van der Waals surface area contributed by atoms with E-state index >= 15 is 0 Å². The van der Waals surface area contributed by atoms with Crippen molar-refractivity contribution in [2.45, 2.75) is 57.6 Å². The van der Waals surface area contributed by atoms with Gasteiger partial charge in [-0.3, -0.25) is 19.4 Å². The van der Waals surface area contributed by atoms with Crippen molar-refractivity contribution < 1.29 is 28.3 Å². The average molecular weight is 532 g/mol. The minimum absolute atomic E-state index is 0.0909. The van der Waals surface area contributed by atoms with E-state index < -0.39 is 42.4 Å². The number of Topliss-reactive ketones (excluding diaryl/α,β-unsaturated/α-hetero) is 1. The second-order valence-corrected chi connectivity index (χ2v) is 10.3. The third-order valence-electron chi connectivity index (χ3n) is 7.51. The number of pyridine rings is 1. The van der Waals surface area contributed by atoms with E-state index in [-0.39, 0.29) is 12.3 Å². The standard InChI is InChI=1S/C30H30FN3O5/c1-18(2)30(16-25(34-39-30)28-23-9-4-3-6-20(23)12-13-32-28)29(37)33-24(26(35)17-31)15-27(36)38-22-11-10-19-7-5-8-21(19)14-22/h3-4,6,9-14,18,24H,5,7-8,15-17H2,1-2H3,(H,33,37)/t24-,30?/m0/s1. The molecule has 2 atom stereocenters. The number of hydrogen-bond acceptors (Lipinski definition) is 7. The molecule has 5 rings (SSSR count). The van der Waals surface area contributed by atoms with Crippen molar-refractivity contribution in [3.63, 3.8) is 0 Å². The van der Waals surface area contributed by atoms with Gasteiger partial charge in [0.1, 0.15) is 24.2 Å². The van der Waals surface area contributed by atoms with Crippen molar-refractivity contribution in [2.75, 3.05) is 6.67 Å². The van der Waals surface area contributed by atoms with Crippen molar-refractivity contribution in [1.29, 1.82) is 0 Å². The molecular formula is C30H30FN3O5. The van der Waals surface area contributed by atoms with Crippen LogP contribution in [-0.4, -0.2) is 46.7 Å². The molecule has 2 aromatic carbocycles. The van der Waals surface area contributed by atoms with Crippen molar-refractivity contribution in [3.05, 3.63) is 71.5 Å². The summed E-state index contributed by atoms with van der Waals surface area (Å²) in [6.45, 7) is 2.25. The predicted molar refractivity (Wildman–Crippen MR) is 143 cm³/mol. The monoisotopic (exact) mass is 531 g/mol. The molecule has 0 spiro atoms. The maximum atomic E-state index is 13.6. The molecule has 0 fully saturated rings. The molecule has 1 N–H and O–H groups in total. The molecule has 202 valence electrons. The Balaban J connectivity index is 1.31. The fourth-order valence-electron chi connectivity index (χ4n) is 5.19. The third kappa shape index (κ3) is 5.26. The number of oxime groups is 1. The zero-order valence-electron chi connectivity index (χ0n) is 21.9. The summed E-state index contributed by atoms with van der Waals surface area (Å²) in [7, 11) is 0. The Morgan fingerprint density at radius 2 is 1.90 bits per heavy atom. The summed E-state index contributed by atoms with van der Waals surface area (Å²) in [5.41, 5.74) is 1.96. The fourth-order valence-corrected chi connectivity index (χ4v) is 5.19. The number of aryl methyl sites for hydroxylation is 2. The molecule has 1 unspecified atom stereocenters. The summed E-state index contributed by atoms with van der Waals surface area (Å²) in [6, 6.07) is 13.6. The lowest BCUT2D eigenvalue weighted by molar-refractivity contribution is -0.152. The lowest BCUT2D eigenvalue weighted by Crippen LogP contribution is -2.56. The Kier molecular flexibility index (Phi) is 7.41. The SMILES string of the molecule is CC(C)C1(C(=O)N[C@@H](CC(=O)Oc2ccc3c(c2)CCC3)C(=O)CF)CC(c2nccc3ccccc23)=NO1. The number of carbonyl (C=O) groups is 3. The van der Waals surface area contributed by atoms with Crippen molar-refractivity contribution in [2.24, 2.45) is 11.1 Å². The van der Waals surface area contributed by atoms with Crippen LogP contribution in [0.4, 0.5) is 4.39 Å². The molecule has 0 bridgehead atoms. The summed E-state index contributed by atoms with van der Waals surface area (Å²) in [4.78, 5) is 49.0. The normalized spacial score (nSPS) is 18.8. The number of fused-ring (bicyclic) bond motifs is 2. The molecule has 1 aromatic heterocycles. The third-order valence-corrected chi connectivity index (χ3v) is 7.51. The smallest absolute Gasteiger partial charge is 0.313 e. The number of alkyl halides is 1. The Morgan fingerprint density at radius 3 is 2.69 bits per heavy atom. The van der Waals surface area contributed by atoms with Gasteiger partial charge in [-0.25, -0.2) is 4.39 Å². The molecule has 3 aromatic rings. The first kappa shape index (κ1) is 26.5. The number of halogens is 1. The van der Waals surface area contributed by atoms with Gasteiger partial charge < -0.3 is 14.9 Å². The van der Waals surface area contributed by atoms with Gasteiger partial charge in [-0.1, -0.05) is 49.3 Å². The number of ketones is 1. The van der Waals surface area contributed by atoms with Gasteiger partial charge >= 0.3 is 5.97 Å². The molecule has 0 saturated heterocycles. The zero-order valence-corrected chi connectivity index (χ0v) is 21.9. The Labute approximate surface area is 225 Å². The van der Waals surface area contributed by atoms with Gasteiger partial charge in [0.15, 0.2) is 5.78 Å². The highest BCUT2D eigenvalue weighted by Crippen LogP contribution is 2.35. The van der Waals surface area contributed by atoms with Crippen LogP contribution in [0.5, 0.6) is 5.75 Å². The van der Waals surface area contributed by atoms with Crippen LogP contribution >= 0.6 is 0 Å². The van der Waals surface area contributed by atoms with Crippen LogP contribution in [0.15, 0.2) is 59.9 Å². The first-order valence-electron chi connectivity index (χ1n) is 13.1. The molecule has 0 saturated carbocycles. The van der Waals surface area contributed by atoms with Crippen LogP contribution in [0.2, 0.25) is 0 Å². The summed E-state index contributed by atoms with van der Waals surface area (Å²) >= 11 is 0. The average Bonchev–Trinajstić information content (AvgIpc) is 3.60. The Hall–Kier alpha value is -4.14. The van der Waals surface area contributed by atoms with E-state index in [9.17, 15) is 18.8 Å². The summed E-state index contributed by atoms with van der Waals surface area (Å²) in [6.07, 6.45) is 4.19. The molecule has 9 heteroatoms. The highest BCUT2D eigenvalue weighted by atomic mass is 19.1. The topological polar surface area (TPSA) is 107 Å². The fraction of sp³-hybridized carbons (Fsp3) is 0.367. The molecule has 39 heavy (non-hydrogen) atoms. The highest BCUT2D eigenvalue weighted by molar-refractivity contribution is 6.12. The molecular weight excluding hydrogens is 501 g/mol. The minimum atomic E-state index is -1.47. The number of hydrogen-bond donors (Lipinski definition) is 1. The molecule has 0 radical (unpaired) electrons. The van der Waals surface area contributed by atoms with Crippen LogP contribution in [0.3, 0.4) is 0 Å². The van der Waals surface area contributed by atoms with E-state index in [1.54, 1.807) is 26.1 Å². The molecule has 1 aliphatic carbocycles. The maximum absolute atomic E-state index is 13.6. The van der Waals surface area contributed by atoms with E-state index in [0.717, 1.165) is 35.6 Å². The second kappa shape index (κ2) is 10.9. The first-order valence-corrected chi connectivity index (χ1v) is 13.1. The zero-order chi connectivity index (χ0) is 27.6. The Bertz CT molecular complexity index is 1460. The molecule has 1 amide bonds. The number of amides is 1. The minimum Gasteiger partial charge on any atom is -0.426 e. The number of nitrogens with one attached hydrogen (secondary N) is 1. The van der Waals surface area contributed by atoms with E-state index in [4.69, 9.17) is 9.57 Å². The molecule has 8 nitrogen and oxygen atoms in total. The number of benzene rings is 2. The molecule has 1 aliphatic heterocycles. The van der Waals surface area contributed by atoms with Crippen molar-refractivity contribution in [1.82, 2.24) is 10.3 Å². The Morgan fingerprint density at radius 1 is 1.10 bits per heavy atom. The van der Waals surface area contributed by atoms with E-state index in [0.29, 0.717) is 17.2 Å². The second-order valence-electron chi connectivity index (χ2n) is 10.3. The number of nitrogens with zero attached hydrogens (tertiary/aromatic N) is 2. The van der Waals surface area contributed by atoms with E-state index in [2.05, 4.69) is 15.5 Å². The lowest BCUT2D eigenvalue weighted by atomic mass is 9.83. The van der Waals surface area contributed by atoms with Crippen LogP contribution in [0, 0.1) is 5.92 Å². The number of aromatic nitrogens is 1. The van der Waals surface area contributed by atoms with Gasteiger partial charge in [0.25, 0.3) is 5.91 Å². The maximum Gasteiger partial charge on any atom is 0.313 e. The highest BCUT2D eigenvalue weighted by Gasteiger charge is 2.51. The van der Waals surface area contributed by atoms with Crippen molar-refractivity contribution >= 4 is 34.1 Å². The first-order chi connectivity index (χ1) is 18.8. The van der Waals surface area contributed by atoms with Crippen molar-refractivity contribution in [3.8, 4) is 5.75 Å². The van der Waals surface area contributed by atoms with Crippen LogP contribution in [0.1, 0.15) is 49.9 Å². The van der Waals surface area contributed by atoms with Gasteiger partial charge in [-0.2, -0.15) is 0 Å². The predicted octanol–water partition coefficient (Wildman–Crippen LogP) is 4.26. The number of carbonyl (C=O) groups excluding carboxylic acids is 3. The van der Waals surface area contributed by atoms with Gasteiger partial charge in [-0.15, -0.1) is 0 Å². The largest absolute Gasteiger partial charge is 0.426 e. The molecule has 2 aliphatic rings.